The minimum Gasteiger partial charge on any atom is -0.324 e. The van der Waals surface area contributed by atoms with Crippen molar-refractivity contribution in [1.82, 2.24) is 5.32 Å². The van der Waals surface area contributed by atoms with Crippen molar-refractivity contribution in [3.05, 3.63) is 29.3 Å². The van der Waals surface area contributed by atoms with E-state index in [2.05, 4.69) is 10.6 Å². The number of fused-ring (bicyclic) bond motifs is 1. The van der Waals surface area contributed by atoms with Gasteiger partial charge in [0.25, 0.3) is 0 Å². The van der Waals surface area contributed by atoms with Crippen LogP contribution in [0.25, 0.3) is 0 Å². The summed E-state index contributed by atoms with van der Waals surface area (Å²) in [5, 5.41) is 6.06. The minimum atomic E-state index is -0.171. The second kappa shape index (κ2) is 3.42. The van der Waals surface area contributed by atoms with Crippen LogP contribution >= 0.6 is 0 Å². The van der Waals surface area contributed by atoms with Crippen LogP contribution in [0.2, 0.25) is 0 Å². The third-order valence-electron chi connectivity index (χ3n) is 2.53. The third kappa shape index (κ3) is 1.30. The Hall–Kier alpha value is -1.35. The van der Waals surface area contributed by atoms with E-state index >= 15 is 0 Å². The van der Waals surface area contributed by atoms with Gasteiger partial charge in [-0.3, -0.25) is 4.79 Å². The maximum atomic E-state index is 11.6. The maximum Gasteiger partial charge on any atom is 0.246 e. The zero-order valence-corrected chi connectivity index (χ0v) is 8.42. The Morgan fingerprint density at radius 1 is 1.50 bits per heavy atom. The molecule has 0 radical (unpaired) electrons. The average Bonchev–Trinajstić information content (AvgIpc) is 2.47. The first-order valence-electron chi connectivity index (χ1n) is 4.87. The summed E-state index contributed by atoms with van der Waals surface area (Å²) in [5.41, 5.74) is 3.16. The van der Waals surface area contributed by atoms with E-state index in [0.717, 1.165) is 23.4 Å². The van der Waals surface area contributed by atoms with E-state index < -0.39 is 0 Å². The Bertz CT molecular complexity index is 374. The summed E-state index contributed by atoms with van der Waals surface area (Å²) < 4.78 is 0. The second-order valence-electron chi connectivity index (χ2n) is 3.52. The lowest BCUT2D eigenvalue weighted by Crippen LogP contribution is -2.27. The number of rotatable bonds is 2. The smallest absolute Gasteiger partial charge is 0.246 e. The van der Waals surface area contributed by atoms with Crippen LogP contribution in [-0.4, -0.2) is 12.5 Å². The Kier molecular flexibility index (Phi) is 2.25. The highest BCUT2D eigenvalue weighted by Gasteiger charge is 2.30. The molecule has 1 heterocycles. The molecule has 2 N–H and O–H groups in total. The SMILES string of the molecule is CCNC1C(=O)Nc2c(C)cccc21. The molecule has 1 aliphatic heterocycles. The first-order chi connectivity index (χ1) is 6.74. The molecule has 14 heavy (non-hydrogen) atoms. The van der Waals surface area contributed by atoms with Crippen molar-refractivity contribution in [3.8, 4) is 0 Å². The molecule has 74 valence electrons. The van der Waals surface area contributed by atoms with Gasteiger partial charge < -0.3 is 10.6 Å². The topological polar surface area (TPSA) is 41.1 Å². The van der Waals surface area contributed by atoms with Gasteiger partial charge in [0.2, 0.25) is 5.91 Å². The van der Waals surface area contributed by atoms with E-state index in [-0.39, 0.29) is 11.9 Å². The van der Waals surface area contributed by atoms with Crippen molar-refractivity contribution < 1.29 is 4.79 Å². The largest absolute Gasteiger partial charge is 0.324 e. The highest BCUT2D eigenvalue weighted by Crippen LogP contribution is 2.32. The van der Waals surface area contributed by atoms with Crippen LogP contribution in [-0.2, 0) is 4.79 Å². The van der Waals surface area contributed by atoms with Crippen molar-refractivity contribution in [2.75, 3.05) is 11.9 Å². The Balaban J connectivity index is 2.42. The van der Waals surface area contributed by atoms with Crippen LogP contribution < -0.4 is 10.6 Å². The molecule has 0 aromatic heterocycles. The van der Waals surface area contributed by atoms with Gasteiger partial charge in [0.15, 0.2) is 0 Å². The number of carbonyl (C=O) groups is 1. The van der Waals surface area contributed by atoms with Crippen molar-refractivity contribution >= 4 is 11.6 Å². The van der Waals surface area contributed by atoms with Crippen LogP contribution in [0.3, 0.4) is 0 Å². The van der Waals surface area contributed by atoms with E-state index in [1.807, 2.05) is 32.0 Å². The predicted octanol–water partition coefficient (Wildman–Crippen LogP) is 1.60. The first kappa shape index (κ1) is 9.21. The van der Waals surface area contributed by atoms with Gasteiger partial charge in [-0.05, 0) is 19.0 Å². The van der Waals surface area contributed by atoms with Gasteiger partial charge in [0, 0.05) is 11.3 Å². The van der Waals surface area contributed by atoms with Crippen molar-refractivity contribution in [2.45, 2.75) is 19.9 Å². The summed E-state index contributed by atoms with van der Waals surface area (Å²) in [5.74, 6) is 0.0520. The highest BCUT2D eigenvalue weighted by molar-refractivity contribution is 6.03. The number of amides is 1. The summed E-state index contributed by atoms with van der Waals surface area (Å²) in [6, 6.07) is 5.81. The van der Waals surface area contributed by atoms with Gasteiger partial charge in [0.1, 0.15) is 6.04 Å². The molecule has 2 rings (SSSR count). The summed E-state index contributed by atoms with van der Waals surface area (Å²) in [6.07, 6.45) is 0. The monoisotopic (exact) mass is 190 g/mol. The first-order valence-corrected chi connectivity index (χ1v) is 4.87. The van der Waals surface area contributed by atoms with Crippen LogP contribution in [0, 0.1) is 6.92 Å². The highest BCUT2D eigenvalue weighted by atomic mass is 16.2. The summed E-state index contributed by atoms with van der Waals surface area (Å²) in [6.45, 7) is 4.81. The number of anilines is 1. The van der Waals surface area contributed by atoms with E-state index in [1.54, 1.807) is 0 Å². The molecule has 0 aliphatic carbocycles. The van der Waals surface area contributed by atoms with Gasteiger partial charge in [-0.25, -0.2) is 0 Å². The van der Waals surface area contributed by atoms with Gasteiger partial charge in [-0.15, -0.1) is 0 Å². The number of aryl methyl sites for hydroxylation is 1. The Morgan fingerprint density at radius 2 is 2.29 bits per heavy atom. The van der Waals surface area contributed by atoms with Crippen LogP contribution in [0.15, 0.2) is 18.2 Å². The van der Waals surface area contributed by atoms with Crippen molar-refractivity contribution in [1.29, 1.82) is 0 Å². The van der Waals surface area contributed by atoms with Crippen molar-refractivity contribution in [2.24, 2.45) is 0 Å². The van der Waals surface area contributed by atoms with E-state index in [0.29, 0.717) is 0 Å². The molecule has 0 bridgehead atoms. The minimum absolute atomic E-state index is 0.0520. The lowest BCUT2D eigenvalue weighted by molar-refractivity contribution is -0.117. The predicted molar refractivity (Wildman–Crippen MR) is 56.2 cm³/mol. The molecule has 3 heteroatoms. The van der Waals surface area contributed by atoms with Gasteiger partial charge in [0.05, 0.1) is 0 Å². The normalized spacial score (nSPS) is 19.3. The zero-order chi connectivity index (χ0) is 10.1. The summed E-state index contributed by atoms with van der Waals surface area (Å²) in [4.78, 5) is 11.6. The van der Waals surface area contributed by atoms with Gasteiger partial charge in [-0.2, -0.15) is 0 Å². The number of benzene rings is 1. The number of hydrogen-bond acceptors (Lipinski definition) is 2. The van der Waals surface area contributed by atoms with E-state index in [1.165, 1.54) is 0 Å². The molecule has 1 aromatic carbocycles. The fraction of sp³-hybridized carbons (Fsp3) is 0.364. The molecule has 0 saturated heterocycles. The second-order valence-corrected chi connectivity index (χ2v) is 3.52. The van der Waals surface area contributed by atoms with Crippen molar-refractivity contribution in [3.63, 3.8) is 0 Å². The number of para-hydroxylation sites is 1. The van der Waals surface area contributed by atoms with Crippen LogP contribution in [0.4, 0.5) is 5.69 Å². The van der Waals surface area contributed by atoms with Crippen LogP contribution in [0.5, 0.6) is 0 Å². The van der Waals surface area contributed by atoms with E-state index in [4.69, 9.17) is 0 Å². The van der Waals surface area contributed by atoms with Gasteiger partial charge in [-0.1, -0.05) is 25.1 Å². The fourth-order valence-corrected chi connectivity index (χ4v) is 1.85. The summed E-state index contributed by atoms with van der Waals surface area (Å²) in [7, 11) is 0. The molecular formula is C11H14N2O. The van der Waals surface area contributed by atoms with Gasteiger partial charge >= 0.3 is 0 Å². The number of hydrogen-bond donors (Lipinski definition) is 2. The van der Waals surface area contributed by atoms with E-state index in [9.17, 15) is 4.79 Å². The Labute approximate surface area is 83.5 Å². The Morgan fingerprint density at radius 3 is 3.00 bits per heavy atom. The van der Waals surface area contributed by atoms with Crippen LogP contribution in [0.1, 0.15) is 24.1 Å². The molecular weight excluding hydrogens is 176 g/mol. The molecule has 0 saturated carbocycles. The molecule has 3 nitrogen and oxygen atoms in total. The molecule has 1 atom stereocenters. The molecule has 0 spiro atoms. The molecule has 0 fully saturated rings. The zero-order valence-electron chi connectivity index (χ0n) is 8.42. The fourth-order valence-electron chi connectivity index (χ4n) is 1.85. The molecule has 1 amide bonds. The maximum absolute atomic E-state index is 11.6. The average molecular weight is 190 g/mol. The lowest BCUT2D eigenvalue weighted by atomic mass is 10.1. The lowest BCUT2D eigenvalue weighted by Gasteiger charge is -2.08. The number of likely N-dealkylation sites (N-methyl/N-ethyl adjacent to an activating group) is 1. The standard InChI is InChI=1S/C11H14N2O/c1-3-12-10-8-6-4-5-7(2)9(8)13-11(10)14/h4-6,10,12H,3H2,1-2H3,(H,13,14). The molecule has 1 unspecified atom stereocenters. The molecule has 1 aromatic rings. The number of carbonyl (C=O) groups excluding carboxylic acids is 1. The quantitative estimate of drug-likeness (QED) is 0.743. The third-order valence-corrected chi connectivity index (χ3v) is 2.53. The molecule has 1 aliphatic rings. The number of nitrogens with one attached hydrogen (secondary N) is 2. The summed E-state index contributed by atoms with van der Waals surface area (Å²) >= 11 is 0.